The Labute approximate surface area is 128 Å². The summed E-state index contributed by atoms with van der Waals surface area (Å²) in [5.41, 5.74) is 0.601. The van der Waals surface area contributed by atoms with E-state index in [-0.39, 0.29) is 6.10 Å². The van der Waals surface area contributed by atoms with Crippen LogP contribution in [-0.4, -0.2) is 19.0 Å². The minimum Gasteiger partial charge on any atom is -0.490 e. The zero-order valence-corrected chi connectivity index (χ0v) is 13.3. The molecule has 0 amide bonds. The molecule has 0 saturated heterocycles. The standard InChI is InChI=1S/C18H26O3/c1-4-7-8-10-16(9-5-2)21-17-12-11-15(14-19)13-18(17)20-6-3/h7-8,11-14,16H,4-6,9-10H2,1-3H3. The normalized spacial score (nSPS) is 12.3. The molecule has 0 bridgehead atoms. The van der Waals surface area contributed by atoms with E-state index in [0.29, 0.717) is 23.7 Å². The summed E-state index contributed by atoms with van der Waals surface area (Å²) in [7, 11) is 0. The summed E-state index contributed by atoms with van der Waals surface area (Å²) < 4.78 is 11.7. The quantitative estimate of drug-likeness (QED) is 0.458. The van der Waals surface area contributed by atoms with E-state index >= 15 is 0 Å². The van der Waals surface area contributed by atoms with Gasteiger partial charge in [0, 0.05) is 12.0 Å². The second kappa shape index (κ2) is 10.0. The Kier molecular flexibility index (Phi) is 8.25. The van der Waals surface area contributed by atoms with Crippen LogP contribution < -0.4 is 9.47 Å². The molecule has 116 valence electrons. The van der Waals surface area contributed by atoms with Gasteiger partial charge in [-0.3, -0.25) is 4.79 Å². The van der Waals surface area contributed by atoms with Gasteiger partial charge in [0.25, 0.3) is 0 Å². The van der Waals surface area contributed by atoms with E-state index in [1.807, 2.05) is 13.0 Å². The van der Waals surface area contributed by atoms with Crippen molar-refractivity contribution in [3.05, 3.63) is 35.9 Å². The molecular formula is C18H26O3. The second-order valence-electron chi connectivity index (χ2n) is 4.90. The molecule has 0 aromatic heterocycles. The highest BCUT2D eigenvalue weighted by atomic mass is 16.5. The number of aldehydes is 1. The van der Waals surface area contributed by atoms with Crippen molar-refractivity contribution in [1.82, 2.24) is 0 Å². The smallest absolute Gasteiger partial charge is 0.161 e. The SMILES string of the molecule is CCC=CCC(CCC)Oc1ccc(C=O)cc1OCC. The summed E-state index contributed by atoms with van der Waals surface area (Å²) in [4.78, 5) is 10.9. The summed E-state index contributed by atoms with van der Waals surface area (Å²) in [6, 6.07) is 5.31. The molecule has 3 heteroatoms. The number of hydrogen-bond donors (Lipinski definition) is 0. The third kappa shape index (κ3) is 6.03. The van der Waals surface area contributed by atoms with Gasteiger partial charge in [-0.1, -0.05) is 32.4 Å². The lowest BCUT2D eigenvalue weighted by atomic mass is 10.1. The Bertz CT molecular complexity index is 452. The molecule has 3 nitrogen and oxygen atoms in total. The molecule has 0 N–H and O–H groups in total. The summed E-state index contributed by atoms with van der Waals surface area (Å²) in [5, 5.41) is 0. The predicted molar refractivity (Wildman–Crippen MR) is 86.4 cm³/mol. The Morgan fingerprint density at radius 1 is 1.14 bits per heavy atom. The molecule has 1 unspecified atom stereocenters. The van der Waals surface area contributed by atoms with Crippen LogP contribution in [0.4, 0.5) is 0 Å². The van der Waals surface area contributed by atoms with Crippen LogP contribution in [0.15, 0.2) is 30.4 Å². The Balaban J connectivity index is 2.85. The van der Waals surface area contributed by atoms with E-state index < -0.39 is 0 Å². The fourth-order valence-corrected chi connectivity index (χ4v) is 2.10. The number of carbonyl (C=O) groups is 1. The number of rotatable bonds is 10. The van der Waals surface area contributed by atoms with Crippen LogP contribution >= 0.6 is 0 Å². The molecule has 0 aliphatic carbocycles. The highest BCUT2D eigenvalue weighted by Crippen LogP contribution is 2.30. The molecule has 1 aromatic rings. The van der Waals surface area contributed by atoms with Gasteiger partial charge in [-0.25, -0.2) is 0 Å². The summed E-state index contributed by atoms with van der Waals surface area (Å²) in [6.07, 6.45) is 9.28. The van der Waals surface area contributed by atoms with Crippen molar-refractivity contribution in [2.45, 2.75) is 52.6 Å². The zero-order valence-electron chi connectivity index (χ0n) is 13.3. The van der Waals surface area contributed by atoms with Crippen molar-refractivity contribution in [2.24, 2.45) is 0 Å². The third-order valence-corrected chi connectivity index (χ3v) is 3.11. The Morgan fingerprint density at radius 3 is 2.57 bits per heavy atom. The van der Waals surface area contributed by atoms with E-state index in [1.165, 1.54) is 0 Å². The molecule has 0 fully saturated rings. The first-order valence-corrected chi connectivity index (χ1v) is 7.78. The Morgan fingerprint density at radius 2 is 1.95 bits per heavy atom. The van der Waals surface area contributed by atoms with Crippen LogP contribution in [-0.2, 0) is 0 Å². The first kappa shape index (κ1) is 17.3. The summed E-state index contributed by atoms with van der Waals surface area (Å²) in [6.45, 7) is 6.74. The number of ether oxygens (including phenoxy) is 2. The number of hydrogen-bond acceptors (Lipinski definition) is 3. The van der Waals surface area contributed by atoms with Crippen LogP contribution in [0.5, 0.6) is 11.5 Å². The third-order valence-electron chi connectivity index (χ3n) is 3.11. The molecule has 0 saturated carbocycles. The van der Waals surface area contributed by atoms with Crippen LogP contribution in [0.25, 0.3) is 0 Å². The maximum absolute atomic E-state index is 10.9. The lowest BCUT2D eigenvalue weighted by Gasteiger charge is -2.19. The summed E-state index contributed by atoms with van der Waals surface area (Å²) in [5.74, 6) is 1.36. The molecular weight excluding hydrogens is 264 g/mol. The second-order valence-corrected chi connectivity index (χ2v) is 4.90. The van der Waals surface area contributed by atoms with Gasteiger partial charge in [0.1, 0.15) is 12.4 Å². The maximum atomic E-state index is 10.9. The lowest BCUT2D eigenvalue weighted by molar-refractivity contribution is 0.112. The largest absolute Gasteiger partial charge is 0.490 e. The summed E-state index contributed by atoms with van der Waals surface area (Å²) >= 11 is 0. The number of allylic oxidation sites excluding steroid dienone is 1. The molecule has 0 radical (unpaired) electrons. The molecule has 1 rings (SSSR count). The zero-order chi connectivity index (χ0) is 15.5. The van der Waals surface area contributed by atoms with E-state index in [1.54, 1.807) is 12.1 Å². The van der Waals surface area contributed by atoms with Crippen LogP contribution in [0.2, 0.25) is 0 Å². The average molecular weight is 290 g/mol. The fourth-order valence-electron chi connectivity index (χ4n) is 2.10. The van der Waals surface area contributed by atoms with Crippen molar-refractivity contribution >= 4 is 6.29 Å². The van der Waals surface area contributed by atoms with Gasteiger partial charge in [-0.05, 0) is 38.0 Å². The minimum absolute atomic E-state index is 0.138. The maximum Gasteiger partial charge on any atom is 0.161 e. The van der Waals surface area contributed by atoms with Gasteiger partial charge in [-0.2, -0.15) is 0 Å². The molecule has 0 spiro atoms. The van der Waals surface area contributed by atoms with Crippen molar-refractivity contribution in [3.8, 4) is 11.5 Å². The Hall–Kier alpha value is -1.77. The van der Waals surface area contributed by atoms with E-state index in [2.05, 4.69) is 26.0 Å². The molecule has 0 aliphatic heterocycles. The molecule has 1 atom stereocenters. The molecule has 0 aliphatic rings. The molecule has 0 heterocycles. The number of benzene rings is 1. The van der Waals surface area contributed by atoms with Crippen LogP contribution in [0, 0.1) is 0 Å². The van der Waals surface area contributed by atoms with Crippen molar-refractivity contribution < 1.29 is 14.3 Å². The first-order valence-electron chi connectivity index (χ1n) is 7.78. The van der Waals surface area contributed by atoms with Crippen molar-refractivity contribution in [2.75, 3.05) is 6.61 Å². The minimum atomic E-state index is 0.138. The van der Waals surface area contributed by atoms with Crippen molar-refractivity contribution in [1.29, 1.82) is 0 Å². The highest BCUT2D eigenvalue weighted by Gasteiger charge is 2.12. The van der Waals surface area contributed by atoms with E-state index in [4.69, 9.17) is 9.47 Å². The number of carbonyl (C=O) groups excluding carboxylic acids is 1. The van der Waals surface area contributed by atoms with Gasteiger partial charge < -0.3 is 9.47 Å². The highest BCUT2D eigenvalue weighted by molar-refractivity contribution is 5.76. The van der Waals surface area contributed by atoms with Gasteiger partial charge in [0.05, 0.1) is 6.61 Å². The van der Waals surface area contributed by atoms with Gasteiger partial charge in [0.15, 0.2) is 11.5 Å². The molecule has 1 aromatic carbocycles. The van der Waals surface area contributed by atoms with Gasteiger partial charge in [-0.15, -0.1) is 0 Å². The van der Waals surface area contributed by atoms with E-state index in [0.717, 1.165) is 32.0 Å². The lowest BCUT2D eigenvalue weighted by Crippen LogP contribution is -2.16. The monoisotopic (exact) mass is 290 g/mol. The van der Waals surface area contributed by atoms with E-state index in [9.17, 15) is 4.79 Å². The van der Waals surface area contributed by atoms with Gasteiger partial charge >= 0.3 is 0 Å². The topological polar surface area (TPSA) is 35.5 Å². The van der Waals surface area contributed by atoms with Crippen molar-refractivity contribution in [3.63, 3.8) is 0 Å². The fraction of sp³-hybridized carbons (Fsp3) is 0.500. The van der Waals surface area contributed by atoms with Crippen LogP contribution in [0.1, 0.15) is 56.8 Å². The first-order chi connectivity index (χ1) is 10.2. The average Bonchev–Trinajstić information content (AvgIpc) is 2.49. The molecule has 21 heavy (non-hydrogen) atoms. The predicted octanol–water partition coefficient (Wildman–Crippen LogP) is 4.80. The van der Waals surface area contributed by atoms with Crippen LogP contribution in [0.3, 0.4) is 0 Å². The van der Waals surface area contributed by atoms with Gasteiger partial charge in [0.2, 0.25) is 0 Å².